The SMILES string of the molecule is CCCNCC(CCCCOC)c1ccc(F)cc1. The van der Waals surface area contributed by atoms with Gasteiger partial charge in [0.25, 0.3) is 0 Å². The molecule has 0 spiro atoms. The van der Waals surface area contributed by atoms with Crippen LogP contribution in [0.25, 0.3) is 0 Å². The van der Waals surface area contributed by atoms with Crippen LogP contribution < -0.4 is 5.32 Å². The summed E-state index contributed by atoms with van der Waals surface area (Å²) in [5.41, 5.74) is 1.22. The number of methoxy groups -OCH3 is 1. The first kappa shape index (κ1) is 16.1. The van der Waals surface area contributed by atoms with Gasteiger partial charge in [-0.3, -0.25) is 0 Å². The molecular weight excluding hydrogens is 241 g/mol. The number of halogens is 1. The minimum Gasteiger partial charge on any atom is -0.385 e. The van der Waals surface area contributed by atoms with Crippen molar-refractivity contribution < 1.29 is 9.13 Å². The van der Waals surface area contributed by atoms with Crippen LogP contribution in [0.4, 0.5) is 4.39 Å². The molecule has 108 valence electrons. The quantitative estimate of drug-likeness (QED) is 0.652. The van der Waals surface area contributed by atoms with Crippen molar-refractivity contribution in [3.8, 4) is 0 Å². The fourth-order valence-corrected chi connectivity index (χ4v) is 2.21. The number of ether oxygens (including phenoxy) is 1. The minimum atomic E-state index is -0.164. The lowest BCUT2D eigenvalue weighted by Crippen LogP contribution is -2.22. The van der Waals surface area contributed by atoms with E-state index in [4.69, 9.17) is 4.74 Å². The summed E-state index contributed by atoms with van der Waals surface area (Å²) in [6.07, 6.45) is 4.48. The number of unbranched alkanes of at least 4 members (excludes halogenated alkanes) is 1. The highest BCUT2D eigenvalue weighted by atomic mass is 19.1. The zero-order valence-corrected chi connectivity index (χ0v) is 12.1. The Bertz CT molecular complexity index is 326. The van der Waals surface area contributed by atoms with Gasteiger partial charge in [-0.05, 0) is 49.4 Å². The van der Waals surface area contributed by atoms with Crippen molar-refractivity contribution in [1.29, 1.82) is 0 Å². The number of hydrogen-bond donors (Lipinski definition) is 1. The van der Waals surface area contributed by atoms with Crippen molar-refractivity contribution in [3.05, 3.63) is 35.6 Å². The Kier molecular flexibility index (Phi) is 8.43. The van der Waals surface area contributed by atoms with E-state index in [2.05, 4.69) is 12.2 Å². The summed E-state index contributed by atoms with van der Waals surface area (Å²) >= 11 is 0. The number of nitrogens with one attached hydrogen (secondary N) is 1. The normalized spacial score (nSPS) is 12.6. The molecule has 1 atom stereocenters. The van der Waals surface area contributed by atoms with Crippen molar-refractivity contribution in [2.75, 3.05) is 26.8 Å². The molecule has 0 saturated heterocycles. The maximum Gasteiger partial charge on any atom is 0.123 e. The second-order valence-electron chi connectivity index (χ2n) is 4.94. The number of rotatable bonds is 10. The second-order valence-corrected chi connectivity index (χ2v) is 4.94. The van der Waals surface area contributed by atoms with Gasteiger partial charge in [0.2, 0.25) is 0 Å². The number of benzene rings is 1. The zero-order chi connectivity index (χ0) is 13.9. The predicted molar refractivity (Wildman–Crippen MR) is 78.0 cm³/mol. The van der Waals surface area contributed by atoms with Crippen LogP contribution in [0.15, 0.2) is 24.3 Å². The van der Waals surface area contributed by atoms with Crippen LogP contribution >= 0.6 is 0 Å². The molecule has 1 aromatic carbocycles. The molecule has 0 aliphatic rings. The molecule has 1 aromatic rings. The Morgan fingerprint density at radius 3 is 2.58 bits per heavy atom. The Morgan fingerprint density at radius 1 is 1.21 bits per heavy atom. The summed E-state index contributed by atoms with van der Waals surface area (Å²) < 4.78 is 18.1. The highest BCUT2D eigenvalue weighted by molar-refractivity contribution is 5.20. The van der Waals surface area contributed by atoms with Gasteiger partial charge in [0.15, 0.2) is 0 Å². The van der Waals surface area contributed by atoms with E-state index >= 15 is 0 Å². The van der Waals surface area contributed by atoms with E-state index in [1.165, 1.54) is 5.56 Å². The van der Waals surface area contributed by atoms with Gasteiger partial charge in [-0.1, -0.05) is 25.5 Å². The van der Waals surface area contributed by atoms with Gasteiger partial charge in [-0.15, -0.1) is 0 Å². The molecule has 0 radical (unpaired) electrons. The van der Waals surface area contributed by atoms with Crippen LogP contribution in [0.1, 0.15) is 44.1 Å². The molecule has 0 aliphatic heterocycles. The minimum absolute atomic E-state index is 0.164. The molecule has 1 unspecified atom stereocenters. The third-order valence-electron chi connectivity index (χ3n) is 3.31. The monoisotopic (exact) mass is 267 g/mol. The molecule has 0 fully saturated rings. The van der Waals surface area contributed by atoms with Crippen LogP contribution in [-0.4, -0.2) is 26.8 Å². The zero-order valence-electron chi connectivity index (χ0n) is 12.1. The lowest BCUT2D eigenvalue weighted by molar-refractivity contribution is 0.191. The van der Waals surface area contributed by atoms with Crippen molar-refractivity contribution in [2.45, 2.75) is 38.5 Å². The van der Waals surface area contributed by atoms with Crippen molar-refractivity contribution in [1.82, 2.24) is 5.32 Å². The van der Waals surface area contributed by atoms with Crippen LogP contribution in [0.5, 0.6) is 0 Å². The van der Waals surface area contributed by atoms with Crippen LogP contribution in [-0.2, 0) is 4.74 Å². The van der Waals surface area contributed by atoms with Crippen LogP contribution in [0.2, 0.25) is 0 Å². The van der Waals surface area contributed by atoms with Crippen molar-refractivity contribution in [3.63, 3.8) is 0 Å². The summed E-state index contributed by atoms with van der Waals surface area (Å²) in [5, 5.41) is 3.46. The maximum absolute atomic E-state index is 13.0. The molecule has 2 nitrogen and oxygen atoms in total. The molecule has 0 heterocycles. The van der Waals surface area contributed by atoms with Crippen molar-refractivity contribution >= 4 is 0 Å². The van der Waals surface area contributed by atoms with Gasteiger partial charge in [0.1, 0.15) is 5.82 Å². The highest BCUT2D eigenvalue weighted by Gasteiger charge is 2.11. The van der Waals surface area contributed by atoms with Gasteiger partial charge in [0.05, 0.1) is 0 Å². The van der Waals surface area contributed by atoms with Gasteiger partial charge in [-0.25, -0.2) is 4.39 Å². The smallest absolute Gasteiger partial charge is 0.123 e. The highest BCUT2D eigenvalue weighted by Crippen LogP contribution is 2.21. The first-order valence-corrected chi connectivity index (χ1v) is 7.23. The van der Waals surface area contributed by atoms with Gasteiger partial charge in [0, 0.05) is 20.3 Å². The maximum atomic E-state index is 13.0. The Labute approximate surface area is 116 Å². The first-order valence-electron chi connectivity index (χ1n) is 7.23. The summed E-state index contributed by atoms with van der Waals surface area (Å²) in [6, 6.07) is 6.92. The molecule has 0 aliphatic carbocycles. The van der Waals surface area contributed by atoms with E-state index < -0.39 is 0 Å². The molecule has 1 rings (SSSR count). The van der Waals surface area contributed by atoms with E-state index in [9.17, 15) is 4.39 Å². The second kappa shape index (κ2) is 9.93. The molecule has 1 N–H and O–H groups in total. The van der Waals surface area contributed by atoms with E-state index in [-0.39, 0.29) is 5.82 Å². The fourth-order valence-electron chi connectivity index (χ4n) is 2.21. The molecular formula is C16H26FNO. The van der Waals surface area contributed by atoms with Gasteiger partial charge >= 0.3 is 0 Å². The Hall–Kier alpha value is -0.930. The van der Waals surface area contributed by atoms with E-state index in [0.717, 1.165) is 45.4 Å². The predicted octanol–water partition coefficient (Wildman–Crippen LogP) is 3.73. The molecule has 0 saturated carbocycles. The average molecular weight is 267 g/mol. The molecule has 19 heavy (non-hydrogen) atoms. The standard InChI is InChI=1S/C16H26FNO/c1-3-11-18-13-15(6-4-5-12-19-2)14-7-9-16(17)10-8-14/h7-10,15,18H,3-6,11-13H2,1-2H3. The average Bonchev–Trinajstić information content (AvgIpc) is 2.43. The van der Waals surface area contributed by atoms with Crippen LogP contribution in [0.3, 0.4) is 0 Å². The van der Waals surface area contributed by atoms with E-state index in [1.54, 1.807) is 19.2 Å². The fraction of sp³-hybridized carbons (Fsp3) is 0.625. The summed E-state index contributed by atoms with van der Waals surface area (Å²) in [5.74, 6) is 0.299. The number of hydrogen-bond acceptors (Lipinski definition) is 2. The lowest BCUT2D eigenvalue weighted by atomic mass is 9.93. The third-order valence-corrected chi connectivity index (χ3v) is 3.31. The summed E-state index contributed by atoms with van der Waals surface area (Å²) in [6.45, 7) is 4.99. The van der Waals surface area contributed by atoms with Crippen LogP contribution in [0, 0.1) is 5.82 Å². The molecule has 0 aromatic heterocycles. The summed E-state index contributed by atoms with van der Waals surface area (Å²) in [4.78, 5) is 0. The summed E-state index contributed by atoms with van der Waals surface area (Å²) in [7, 11) is 1.74. The largest absolute Gasteiger partial charge is 0.385 e. The third kappa shape index (κ3) is 6.69. The van der Waals surface area contributed by atoms with Gasteiger partial charge in [-0.2, -0.15) is 0 Å². The Morgan fingerprint density at radius 2 is 1.95 bits per heavy atom. The van der Waals surface area contributed by atoms with E-state index in [1.807, 2.05) is 12.1 Å². The molecule has 3 heteroatoms. The van der Waals surface area contributed by atoms with E-state index in [0.29, 0.717) is 5.92 Å². The van der Waals surface area contributed by atoms with Gasteiger partial charge < -0.3 is 10.1 Å². The lowest BCUT2D eigenvalue weighted by Gasteiger charge is -2.18. The molecule has 0 amide bonds. The molecule has 0 bridgehead atoms. The first-order chi connectivity index (χ1) is 9.27. The topological polar surface area (TPSA) is 21.3 Å². The van der Waals surface area contributed by atoms with Crippen molar-refractivity contribution in [2.24, 2.45) is 0 Å². The Balaban J connectivity index is 2.49.